The lowest BCUT2D eigenvalue weighted by Gasteiger charge is -2.18. The number of halogens is 3. The van der Waals surface area contributed by atoms with Crippen molar-refractivity contribution in [3.05, 3.63) is 28.1 Å². The molecular weight excluding hydrogens is 301 g/mol. The summed E-state index contributed by atoms with van der Waals surface area (Å²) in [6.07, 6.45) is -4.29. The van der Waals surface area contributed by atoms with Crippen molar-refractivity contribution in [2.75, 3.05) is 0 Å². The van der Waals surface area contributed by atoms with Crippen LogP contribution in [0.5, 0.6) is 0 Å². The van der Waals surface area contributed by atoms with Crippen molar-refractivity contribution in [3.8, 4) is 0 Å². The number of pyridine rings is 1. The van der Waals surface area contributed by atoms with Gasteiger partial charge < -0.3 is 5.11 Å². The van der Waals surface area contributed by atoms with E-state index in [4.69, 9.17) is 5.11 Å². The van der Waals surface area contributed by atoms with Crippen LogP contribution in [-0.2, 0) is 11.0 Å². The molecule has 0 saturated carbocycles. The van der Waals surface area contributed by atoms with Gasteiger partial charge in [0.1, 0.15) is 16.6 Å². The van der Waals surface area contributed by atoms with Gasteiger partial charge >= 0.3 is 17.8 Å². The number of thioether (sulfide) groups is 1. The Labute approximate surface area is 115 Å². The largest absolute Gasteiger partial charge is 0.480 e. The molecule has 1 aromatic rings. The Morgan fingerprint density at radius 1 is 1.45 bits per heavy atom. The quantitative estimate of drug-likeness (QED) is 0.522. The number of carboxylic acid groups (broad SMARTS) is 1. The zero-order chi connectivity index (χ0) is 15.7. The zero-order valence-corrected chi connectivity index (χ0v) is 11.1. The van der Waals surface area contributed by atoms with Crippen LogP contribution in [0.2, 0.25) is 0 Å². The number of alkyl halides is 3. The summed E-state index contributed by atoms with van der Waals surface area (Å²) < 4.78 is 36.1. The highest BCUT2D eigenvalue weighted by Crippen LogP contribution is 2.40. The van der Waals surface area contributed by atoms with Gasteiger partial charge in [0.2, 0.25) is 0 Å². The number of carboxylic acids is 1. The fourth-order valence-electron chi connectivity index (χ4n) is 1.12. The van der Waals surface area contributed by atoms with E-state index in [-0.39, 0.29) is 0 Å². The molecule has 0 aromatic carbocycles. The Kier molecular flexibility index (Phi) is 4.27. The molecule has 0 unspecified atom stereocenters. The van der Waals surface area contributed by atoms with Crippen molar-refractivity contribution in [2.45, 2.75) is 29.7 Å². The van der Waals surface area contributed by atoms with Crippen molar-refractivity contribution >= 4 is 23.4 Å². The maximum atomic E-state index is 12.5. The van der Waals surface area contributed by atoms with Crippen LogP contribution < -0.4 is 0 Å². The third kappa shape index (κ3) is 3.59. The predicted molar refractivity (Wildman–Crippen MR) is 63.5 cm³/mol. The summed E-state index contributed by atoms with van der Waals surface area (Å²) in [5.41, 5.74) is -1.98. The Bertz CT molecular complexity index is 560. The Morgan fingerprint density at radius 3 is 2.40 bits per heavy atom. The number of hydrogen-bond acceptors (Lipinski definition) is 5. The summed E-state index contributed by atoms with van der Waals surface area (Å²) in [6, 6.07) is 0.480. The van der Waals surface area contributed by atoms with Crippen molar-refractivity contribution < 1.29 is 28.0 Å². The first kappa shape index (κ1) is 16.2. The number of rotatable bonds is 4. The monoisotopic (exact) mass is 310 g/mol. The summed E-state index contributed by atoms with van der Waals surface area (Å²) in [4.78, 5) is 23.4. The van der Waals surface area contributed by atoms with Crippen molar-refractivity contribution in [3.63, 3.8) is 0 Å². The highest BCUT2D eigenvalue weighted by molar-refractivity contribution is 8.01. The molecule has 1 heterocycles. The SMILES string of the molecule is CC(C)(Sc1cc(C(F)(F)F)ncc1[N+](=O)[O-])C(=O)O. The zero-order valence-electron chi connectivity index (χ0n) is 10.3. The highest BCUT2D eigenvalue weighted by Gasteiger charge is 2.37. The summed E-state index contributed by atoms with van der Waals surface area (Å²) in [7, 11) is 0. The molecule has 20 heavy (non-hydrogen) atoms. The molecule has 0 saturated heterocycles. The molecule has 6 nitrogen and oxygen atoms in total. The Morgan fingerprint density at radius 2 is 2.00 bits per heavy atom. The number of nitrogens with zero attached hydrogens (tertiary/aromatic N) is 2. The van der Waals surface area contributed by atoms with Crippen molar-refractivity contribution in [1.29, 1.82) is 0 Å². The first-order valence-electron chi connectivity index (χ1n) is 5.09. The van der Waals surface area contributed by atoms with Gasteiger partial charge in [-0.2, -0.15) is 13.2 Å². The maximum absolute atomic E-state index is 12.5. The van der Waals surface area contributed by atoms with E-state index < -0.39 is 38.1 Å². The van der Waals surface area contributed by atoms with E-state index in [9.17, 15) is 28.1 Å². The normalized spacial score (nSPS) is 12.2. The standard InChI is InChI=1S/C10H9F3N2O4S/c1-9(2,8(16)17)20-6-3-7(10(11,12)13)14-4-5(6)15(18)19/h3-4H,1-2H3,(H,16,17). The van der Waals surface area contributed by atoms with E-state index in [1.54, 1.807) is 0 Å². The van der Waals surface area contributed by atoms with E-state index in [0.29, 0.717) is 24.0 Å². The van der Waals surface area contributed by atoms with Crippen LogP contribution in [0.3, 0.4) is 0 Å². The van der Waals surface area contributed by atoms with Gasteiger partial charge in [0.25, 0.3) is 0 Å². The molecule has 0 amide bonds. The van der Waals surface area contributed by atoms with Crippen LogP contribution in [-0.4, -0.2) is 25.7 Å². The van der Waals surface area contributed by atoms with Gasteiger partial charge in [-0.05, 0) is 19.9 Å². The minimum Gasteiger partial charge on any atom is -0.480 e. The first-order valence-corrected chi connectivity index (χ1v) is 5.91. The lowest BCUT2D eigenvalue weighted by atomic mass is 10.2. The molecule has 0 radical (unpaired) electrons. The van der Waals surface area contributed by atoms with Gasteiger partial charge in [0, 0.05) is 0 Å². The molecule has 1 aromatic heterocycles. The third-order valence-corrected chi connectivity index (χ3v) is 3.45. The minimum absolute atomic E-state index is 0.398. The van der Waals surface area contributed by atoms with E-state index in [0.717, 1.165) is 0 Å². The first-order chi connectivity index (χ1) is 8.95. The van der Waals surface area contributed by atoms with Gasteiger partial charge in [0.05, 0.1) is 9.82 Å². The molecule has 1 N–H and O–H groups in total. The highest BCUT2D eigenvalue weighted by atomic mass is 32.2. The second-order valence-electron chi connectivity index (χ2n) is 4.21. The average Bonchev–Trinajstić information content (AvgIpc) is 2.26. The van der Waals surface area contributed by atoms with Gasteiger partial charge in [-0.3, -0.25) is 14.9 Å². The molecule has 1 rings (SSSR count). The topological polar surface area (TPSA) is 93.3 Å². The van der Waals surface area contributed by atoms with Crippen LogP contribution in [0.25, 0.3) is 0 Å². The second kappa shape index (κ2) is 5.27. The number of hydrogen-bond donors (Lipinski definition) is 1. The smallest absolute Gasteiger partial charge is 0.433 e. The van der Waals surface area contributed by atoms with Crippen LogP contribution >= 0.6 is 11.8 Å². The van der Waals surface area contributed by atoms with Crippen LogP contribution in [0.15, 0.2) is 17.2 Å². The summed E-state index contributed by atoms with van der Waals surface area (Å²) in [6.45, 7) is 2.47. The molecule has 0 spiro atoms. The third-order valence-electron chi connectivity index (χ3n) is 2.21. The molecule has 10 heteroatoms. The minimum atomic E-state index is -4.77. The van der Waals surface area contributed by atoms with E-state index in [1.807, 2.05) is 0 Å². The molecule has 0 atom stereocenters. The van der Waals surface area contributed by atoms with E-state index in [2.05, 4.69) is 4.98 Å². The van der Waals surface area contributed by atoms with Crippen LogP contribution in [0.4, 0.5) is 18.9 Å². The van der Waals surface area contributed by atoms with Crippen LogP contribution in [0, 0.1) is 10.1 Å². The Balaban J connectivity index is 3.34. The predicted octanol–water partition coefficient (Wildman–Crippen LogP) is 2.96. The lowest BCUT2D eigenvalue weighted by molar-refractivity contribution is -0.388. The van der Waals surface area contributed by atoms with Crippen molar-refractivity contribution in [1.82, 2.24) is 4.98 Å². The number of nitro groups is 1. The van der Waals surface area contributed by atoms with Gasteiger partial charge in [0.15, 0.2) is 0 Å². The molecule has 110 valence electrons. The van der Waals surface area contributed by atoms with Gasteiger partial charge in [-0.25, -0.2) is 4.98 Å². The van der Waals surface area contributed by atoms with E-state index in [1.165, 1.54) is 13.8 Å². The van der Waals surface area contributed by atoms with Gasteiger partial charge in [-0.15, -0.1) is 11.8 Å². The average molecular weight is 310 g/mol. The van der Waals surface area contributed by atoms with Gasteiger partial charge in [-0.1, -0.05) is 0 Å². The van der Waals surface area contributed by atoms with E-state index >= 15 is 0 Å². The molecule has 0 aliphatic carbocycles. The Hall–Kier alpha value is -1.84. The van der Waals surface area contributed by atoms with Crippen molar-refractivity contribution in [2.24, 2.45) is 0 Å². The van der Waals surface area contributed by atoms with Crippen LogP contribution in [0.1, 0.15) is 19.5 Å². The summed E-state index contributed by atoms with van der Waals surface area (Å²) >= 11 is 0.458. The number of carbonyl (C=O) groups is 1. The molecule has 0 aliphatic heterocycles. The molecule has 0 fully saturated rings. The molecular formula is C10H9F3N2O4S. The summed E-state index contributed by atoms with van der Waals surface area (Å²) in [5, 5.41) is 19.7. The second-order valence-corrected chi connectivity index (χ2v) is 5.87. The fraction of sp³-hybridized carbons (Fsp3) is 0.400. The number of aliphatic carboxylic acids is 1. The molecule has 0 bridgehead atoms. The fourth-order valence-corrected chi connectivity index (χ4v) is 2.16. The maximum Gasteiger partial charge on any atom is 0.433 e. The lowest BCUT2D eigenvalue weighted by Crippen LogP contribution is -2.27. The number of aromatic nitrogens is 1. The molecule has 0 aliphatic rings. The summed E-state index contributed by atoms with van der Waals surface area (Å²) in [5.74, 6) is -1.30.